The Morgan fingerprint density at radius 2 is 2.16 bits per heavy atom. The Morgan fingerprint density at radius 3 is 2.79 bits per heavy atom. The maximum atomic E-state index is 6.14. The van der Waals surface area contributed by atoms with Crippen LogP contribution < -0.4 is 10.1 Å². The highest BCUT2D eigenvalue weighted by Crippen LogP contribution is 2.48. The number of hydrogen-bond donors (Lipinski definition) is 1. The summed E-state index contributed by atoms with van der Waals surface area (Å²) in [7, 11) is 1.70. The minimum Gasteiger partial charge on any atom is -0.495 e. The van der Waals surface area contributed by atoms with Gasteiger partial charge < -0.3 is 10.1 Å². The van der Waals surface area contributed by atoms with Crippen LogP contribution in [0.2, 0.25) is 5.02 Å². The van der Waals surface area contributed by atoms with E-state index in [1.165, 1.54) is 25.7 Å². The van der Waals surface area contributed by atoms with Crippen LogP contribution in [0.15, 0.2) is 12.1 Å². The fourth-order valence-electron chi connectivity index (χ4n) is 3.84. The number of halogens is 1. The summed E-state index contributed by atoms with van der Waals surface area (Å²) in [5, 5.41) is 4.34. The number of benzene rings is 1. The van der Waals surface area contributed by atoms with Crippen molar-refractivity contribution in [3.8, 4) is 5.75 Å². The first-order chi connectivity index (χ1) is 9.17. The molecule has 3 atom stereocenters. The monoisotopic (exact) mass is 279 g/mol. The van der Waals surface area contributed by atoms with Crippen LogP contribution in [-0.2, 0) is 0 Å². The Kier molecular flexibility index (Phi) is 3.62. The fourth-order valence-corrected chi connectivity index (χ4v) is 3.99. The van der Waals surface area contributed by atoms with Crippen LogP contribution in [-0.4, -0.2) is 13.7 Å². The number of aryl methyl sites for hydroxylation is 1. The molecule has 1 aromatic rings. The number of fused-ring (bicyclic) bond motifs is 2. The normalized spacial score (nSPS) is 28.7. The van der Waals surface area contributed by atoms with Gasteiger partial charge in [-0.2, -0.15) is 0 Å². The van der Waals surface area contributed by atoms with Gasteiger partial charge in [-0.25, -0.2) is 0 Å². The molecule has 19 heavy (non-hydrogen) atoms. The predicted molar refractivity (Wildman–Crippen MR) is 80.2 cm³/mol. The molecule has 0 aromatic heterocycles. The number of rotatable bonds is 4. The summed E-state index contributed by atoms with van der Waals surface area (Å²) in [6, 6.07) is 3.99. The van der Waals surface area contributed by atoms with Gasteiger partial charge in [-0.3, -0.25) is 0 Å². The zero-order valence-electron chi connectivity index (χ0n) is 11.7. The van der Waals surface area contributed by atoms with Gasteiger partial charge in [0, 0.05) is 17.6 Å². The van der Waals surface area contributed by atoms with Gasteiger partial charge in [-0.15, -0.1) is 0 Å². The second kappa shape index (κ2) is 5.24. The summed E-state index contributed by atoms with van der Waals surface area (Å²) in [5.41, 5.74) is 2.17. The highest BCUT2D eigenvalue weighted by atomic mass is 35.5. The van der Waals surface area contributed by atoms with Crippen molar-refractivity contribution in [3.05, 3.63) is 22.7 Å². The second-order valence-corrected chi connectivity index (χ2v) is 6.52. The average Bonchev–Trinajstić information content (AvgIpc) is 3.02. The molecule has 2 bridgehead atoms. The Bertz CT molecular complexity index is 474. The van der Waals surface area contributed by atoms with Crippen LogP contribution in [0.25, 0.3) is 0 Å². The van der Waals surface area contributed by atoms with Gasteiger partial charge in [0.25, 0.3) is 0 Å². The van der Waals surface area contributed by atoms with Gasteiger partial charge in [0.15, 0.2) is 0 Å². The SMILES string of the molecule is COc1cc(Cl)c(C)cc1NCC1CC2CCC1C2. The Morgan fingerprint density at radius 1 is 1.32 bits per heavy atom. The largest absolute Gasteiger partial charge is 0.495 e. The maximum Gasteiger partial charge on any atom is 0.143 e. The van der Waals surface area contributed by atoms with E-state index in [1.807, 2.05) is 13.0 Å². The van der Waals surface area contributed by atoms with Crippen molar-refractivity contribution in [2.24, 2.45) is 17.8 Å². The molecule has 0 aliphatic heterocycles. The van der Waals surface area contributed by atoms with Crippen LogP contribution in [0.5, 0.6) is 5.75 Å². The molecule has 1 aromatic carbocycles. The van der Waals surface area contributed by atoms with Crippen LogP contribution in [0, 0.1) is 24.7 Å². The fraction of sp³-hybridized carbons (Fsp3) is 0.625. The van der Waals surface area contributed by atoms with Gasteiger partial charge in [0.2, 0.25) is 0 Å². The standard InChI is InChI=1S/C16H22ClNO/c1-10-5-15(16(19-2)8-14(10)17)18-9-13-7-11-3-4-12(13)6-11/h5,8,11-13,18H,3-4,6-7,9H2,1-2H3. The molecule has 104 valence electrons. The van der Waals surface area contributed by atoms with E-state index in [4.69, 9.17) is 16.3 Å². The average molecular weight is 280 g/mol. The summed E-state index contributed by atoms with van der Waals surface area (Å²) in [4.78, 5) is 0. The quantitative estimate of drug-likeness (QED) is 0.876. The van der Waals surface area contributed by atoms with Crippen LogP contribution in [0.1, 0.15) is 31.2 Å². The van der Waals surface area contributed by atoms with E-state index in [0.717, 1.165) is 46.3 Å². The van der Waals surface area contributed by atoms with Crippen molar-refractivity contribution in [1.29, 1.82) is 0 Å². The summed E-state index contributed by atoms with van der Waals surface area (Å²) in [6.07, 6.45) is 5.77. The van der Waals surface area contributed by atoms with Crippen molar-refractivity contribution < 1.29 is 4.74 Å². The summed E-state index contributed by atoms with van der Waals surface area (Å²) >= 11 is 6.14. The molecule has 2 fully saturated rings. The van der Waals surface area contributed by atoms with E-state index < -0.39 is 0 Å². The van der Waals surface area contributed by atoms with Crippen LogP contribution >= 0.6 is 11.6 Å². The molecule has 2 aliphatic rings. The molecule has 0 radical (unpaired) electrons. The molecule has 2 nitrogen and oxygen atoms in total. The minimum atomic E-state index is 0.766. The van der Waals surface area contributed by atoms with Crippen LogP contribution in [0.3, 0.4) is 0 Å². The molecule has 3 heteroatoms. The first kappa shape index (κ1) is 13.1. The Balaban J connectivity index is 1.68. The topological polar surface area (TPSA) is 21.3 Å². The van der Waals surface area contributed by atoms with E-state index in [9.17, 15) is 0 Å². The second-order valence-electron chi connectivity index (χ2n) is 6.12. The third kappa shape index (κ3) is 2.55. The molecule has 0 saturated heterocycles. The lowest BCUT2D eigenvalue weighted by molar-refractivity contribution is 0.347. The minimum absolute atomic E-state index is 0.766. The number of ether oxygens (including phenoxy) is 1. The number of nitrogens with one attached hydrogen (secondary N) is 1. The molecule has 2 aliphatic carbocycles. The zero-order chi connectivity index (χ0) is 13.4. The first-order valence-corrected chi connectivity index (χ1v) is 7.63. The lowest BCUT2D eigenvalue weighted by Crippen LogP contribution is -2.20. The third-order valence-electron chi connectivity index (χ3n) is 4.92. The number of hydrogen-bond acceptors (Lipinski definition) is 2. The number of methoxy groups -OCH3 is 1. The lowest BCUT2D eigenvalue weighted by atomic mass is 9.89. The van der Waals surface area contributed by atoms with Crippen molar-refractivity contribution in [1.82, 2.24) is 0 Å². The van der Waals surface area contributed by atoms with Gasteiger partial charge >= 0.3 is 0 Å². The van der Waals surface area contributed by atoms with E-state index in [2.05, 4.69) is 11.4 Å². The predicted octanol–water partition coefficient (Wildman–Crippen LogP) is 4.51. The smallest absolute Gasteiger partial charge is 0.143 e. The van der Waals surface area contributed by atoms with Crippen molar-refractivity contribution in [3.63, 3.8) is 0 Å². The van der Waals surface area contributed by atoms with Gasteiger partial charge in [-0.1, -0.05) is 18.0 Å². The highest BCUT2D eigenvalue weighted by Gasteiger charge is 2.39. The summed E-state index contributed by atoms with van der Waals surface area (Å²) < 4.78 is 5.41. The number of anilines is 1. The molecule has 1 N–H and O–H groups in total. The van der Waals surface area contributed by atoms with E-state index in [-0.39, 0.29) is 0 Å². The van der Waals surface area contributed by atoms with Crippen molar-refractivity contribution in [2.45, 2.75) is 32.6 Å². The first-order valence-electron chi connectivity index (χ1n) is 7.25. The van der Waals surface area contributed by atoms with Gasteiger partial charge in [0.05, 0.1) is 12.8 Å². The van der Waals surface area contributed by atoms with E-state index >= 15 is 0 Å². The summed E-state index contributed by atoms with van der Waals surface area (Å²) in [5.74, 6) is 3.65. The molecule has 0 spiro atoms. The van der Waals surface area contributed by atoms with Crippen molar-refractivity contribution >= 4 is 17.3 Å². The molecule has 2 saturated carbocycles. The van der Waals surface area contributed by atoms with Crippen molar-refractivity contribution in [2.75, 3.05) is 19.0 Å². The third-order valence-corrected chi connectivity index (χ3v) is 5.33. The maximum absolute atomic E-state index is 6.14. The summed E-state index contributed by atoms with van der Waals surface area (Å²) in [6.45, 7) is 3.10. The Labute approximate surface area is 120 Å². The van der Waals surface area contributed by atoms with Gasteiger partial charge in [-0.05, 0) is 55.6 Å². The molecular formula is C16H22ClNO. The lowest BCUT2D eigenvalue weighted by Gasteiger charge is -2.23. The zero-order valence-corrected chi connectivity index (χ0v) is 12.5. The molecular weight excluding hydrogens is 258 g/mol. The van der Waals surface area contributed by atoms with E-state index in [0.29, 0.717) is 0 Å². The molecule has 3 unspecified atom stereocenters. The molecule has 3 rings (SSSR count). The van der Waals surface area contributed by atoms with E-state index in [1.54, 1.807) is 7.11 Å². The highest BCUT2D eigenvalue weighted by molar-refractivity contribution is 6.31. The van der Waals surface area contributed by atoms with Gasteiger partial charge in [0.1, 0.15) is 5.75 Å². The molecule has 0 heterocycles. The Hall–Kier alpha value is -0.890. The van der Waals surface area contributed by atoms with Crippen LogP contribution in [0.4, 0.5) is 5.69 Å². The molecule has 0 amide bonds.